The standard InChI is InChI=1S/C17H21F3N4O3S/c1-22-15(13-7-9-23(10-8-13)28(2,26)27)21-24(16(22)25)11-12-3-5-14(6-4-12)17(18,19)20/h3-6,13H,7-11H2,1-2H3. The summed E-state index contributed by atoms with van der Waals surface area (Å²) < 4.78 is 65.3. The Labute approximate surface area is 160 Å². The van der Waals surface area contributed by atoms with Crippen molar-refractivity contribution < 1.29 is 21.6 Å². The van der Waals surface area contributed by atoms with Crippen LogP contribution in [0.3, 0.4) is 0 Å². The third kappa shape index (κ3) is 4.30. The maximum Gasteiger partial charge on any atom is 0.416 e. The average molecular weight is 418 g/mol. The van der Waals surface area contributed by atoms with Crippen LogP contribution >= 0.6 is 0 Å². The van der Waals surface area contributed by atoms with Crippen molar-refractivity contribution in [3.05, 3.63) is 51.7 Å². The molecule has 0 spiro atoms. The molecular formula is C17H21F3N4O3S. The Morgan fingerprint density at radius 3 is 2.21 bits per heavy atom. The topological polar surface area (TPSA) is 77.2 Å². The number of nitrogens with zero attached hydrogens (tertiary/aromatic N) is 4. The van der Waals surface area contributed by atoms with Crippen molar-refractivity contribution in [1.29, 1.82) is 0 Å². The molecule has 0 bridgehead atoms. The first-order valence-corrected chi connectivity index (χ1v) is 10.6. The highest BCUT2D eigenvalue weighted by Crippen LogP contribution is 2.29. The first-order chi connectivity index (χ1) is 13.0. The highest BCUT2D eigenvalue weighted by molar-refractivity contribution is 7.88. The number of benzene rings is 1. The van der Waals surface area contributed by atoms with Crippen molar-refractivity contribution in [3.63, 3.8) is 0 Å². The van der Waals surface area contributed by atoms with Gasteiger partial charge in [-0.3, -0.25) is 4.57 Å². The van der Waals surface area contributed by atoms with Gasteiger partial charge in [-0.2, -0.15) is 18.3 Å². The quantitative estimate of drug-likeness (QED) is 0.759. The minimum absolute atomic E-state index is 0.0513. The van der Waals surface area contributed by atoms with Crippen LogP contribution in [0.25, 0.3) is 0 Å². The van der Waals surface area contributed by atoms with Crippen molar-refractivity contribution in [2.75, 3.05) is 19.3 Å². The van der Waals surface area contributed by atoms with Crippen molar-refractivity contribution in [2.24, 2.45) is 7.05 Å². The maximum absolute atomic E-state index is 12.7. The molecule has 3 rings (SSSR count). The van der Waals surface area contributed by atoms with E-state index in [0.29, 0.717) is 37.3 Å². The van der Waals surface area contributed by atoms with E-state index in [0.717, 1.165) is 12.1 Å². The fraction of sp³-hybridized carbons (Fsp3) is 0.529. The summed E-state index contributed by atoms with van der Waals surface area (Å²) in [6.45, 7) is 0.792. The van der Waals surface area contributed by atoms with Crippen LogP contribution in [0.4, 0.5) is 13.2 Å². The molecule has 0 amide bonds. The van der Waals surface area contributed by atoms with Crippen molar-refractivity contribution in [1.82, 2.24) is 18.7 Å². The van der Waals surface area contributed by atoms with Crippen LogP contribution in [-0.4, -0.2) is 46.4 Å². The monoisotopic (exact) mass is 418 g/mol. The van der Waals surface area contributed by atoms with E-state index in [9.17, 15) is 26.4 Å². The molecule has 11 heteroatoms. The van der Waals surface area contributed by atoms with Gasteiger partial charge >= 0.3 is 11.9 Å². The third-order valence-electron chi connectivity index (χ3n) is 4.98. The molecule has 2 heterocycles. The molecular weight excluding hydrogens is 397 g/mol. The van der Waals surface area contributed by atoms with Gasteiger partial charge in [-0.05, 0) is 30.5 Å². The zero-order chi connectivity index (χ0) is 20.7. The summed E-state index contributed by atoms with van der Waals surface area (Å²) in [4.78, 5) is 12.5. The fourth-order valence-electron chi connectivity index (χ4n) is 3.38. The summed E-state index contributed by atoms with van der Waals surface area (Å²) in [6.07, 6.45) is -2.13. The van der Waals surface area contributed by atoms with E-state index in [2.05, 4.69) is 5.10 Å². The number of sulfonamides is 1. The highest BCUT2D eigenvalue weighted by atomic mass is 32.2. The Kier molecular flexibility index (Phi) is 5.41. The van der Waals surface area contributed by atoms with Gasteiger partial charge in [0.15, 0.2) is 0 Å². The SMILES string of the molecule is Cn1c(C2CCN(S(C)(=O)=O)CC2)nn(Cc2ccc(C(F)(F)F)cc2)c1=O. The second-order valence-electron chi connectivity index (χ2n) is 6.99. The molecule has 0 N–H and O–H groups in total. The van der Waals surface area contributed by atoms with Crippen molar-refractivity contribution in [3.8, 4) is 0 Å². The number of halogens is 3. The van der Waals surface area contributed by atoms with Gasteiger partial charge in [-0.1, -0.05) is 12.1 Å². The van der Waals surface area contributed by atoms with Crippen LogP contribution in [0.15, 0.2) is 29.1 Å². The summed E-state index contributed by atoms with van der Waals surface area (Å²) in [5, 5.41) is 4.36. The molecule has 28 heavy (non-hydrogen) atoms. The predicted molar refractivity (Wildman–Crippen MR) is 96.4 cm³/mol. The second-order valence-corrected chi connectivity index (χ2v) is 8.97. The van der Waals surface area contributed by atoms with Gasteiger partial charge in [-0.25, -0.2) is 22.2 Å². The van der Waals surface area contributed by atoms with Gasteiger partial charge in [0.1, 0.15) is 5.82 Å². The lowest BCUT2D eigenvalue weighted by Gasteiger charge is -2.29. The number of piperidine rings is 1. The largest absolute Gasteiger partial charge is 0.416 e. The van der Waals surface area contributed by atoms with Gasteiger partial charge in [0, 0.05) is 26.1 Å². The number of hydrogen-bond donors (Lipinski definition) is 0. The van der Waals surface area contributed by atoms with Crippen LogP contribution in [0.2, 0.25) is 0 Å². The highest BCUT2D eigenvalue weighted by Gasteiger charge is 2.31. The second kappa shape index (κ2) is 7.36. The molecule has 0 aliphatic carbocycles. The predicted octanol–water partition coefficient (Wildman–Crippen LogP) is 1.79. The molecule has 1 aromatic carbocycles. The zero-order valence-corrected chi connectivity index (χ0v) is 16.3. The van der Waals surface area contributed by atoms with Crippen LogP contribution in [0, 0.1) is 0 Å². The minimum Gasteiger partial charge on any atom is -0.282 e. The first-order valence-electron chi connectivity index (χ1n) is 8.72. The van der Waals surface area contributed by atoms with E-state index >= 15 is 0 Å². The molecule has 7 nitrogen and oxygen atoms in total. The van der Waals surface area contributed by atoms with Crippen LogP contribution in [-0.2, 0) is 29.8 Å². The van der Waals surface area contributed by atoms with Crippen LogP contribution in [0.5, 0.6) is 0 Å². The zero-order valence-electron chi connectivity index (χ0n) is 15.5. The lowest BCUT2D eigenvalue weighted by Crippen LogP contribution is -2.37. The normalized spacial score (nSPS) is 17.2. The molecule has 0 atom stereocenters. The lowest BCUT2D eigenvalue weighted by molar-refractivity contribution is -0.137. The van der Waals surface area contributed by atoms with Gasteiger partial charge in [0.25, 0.3) is 0 Å². The molecule has 0 unspecified atom stereocenters. The van der Waals surface area contributed by atoms with E-state index in [1.807, 2.05) is 0 Å². The molecule has 1 saturated heterocycles. The van der Waals surface area contributed by atoms with E-state index < -0.39 is 21.8 Å². The number of alkyl halides is 3. The van der Waals surface area contributed by atoms with Gasteiger partial charge in [0.05, 0.1) is 18.4 Å². The number of aromatic nitrogens is 3. The fourth-order valence-corrected chi connectivity index (χ4v) is 4.25. The first kappa shape index (κ1) is 20.6. The molecule has 0 saturated carbocycles. The molecule has 1 aromatic heterocycles. The Balaban J connectivity index is 1.76. The Hall–Kier alpha value is -2.14. The molecule has 1 aliphatic heterocycles. The molecule has 2 aromatic rings. The van der Waals surface area contributed by atoms with E-state index in [1.54, 1.807) is 7.05 Å². The number of hydrogen-bond acceptors (Lipinski definition) is 4. The molecule has 1 fully saturated rings. The van der Waals surface area contributed by atoms with Gasteiger partial charge < -0.3 is 0 Å². The number of rotatable bonds is 4. The Morgan fingerprint density at radius 2 is 1.71 bits per heavy atom. The van der Waals surface area contributed by atoms with E-state index in [1.165, 1.54) is 31.9 Å². The summed E-state index contributed by atoms with van der Waals surface area (Å²) in [7, 11) is -1.65. The smallest absolute Gasteiger partial charge is 0.282 e. The van der Waals surface area contributed by atoms with Crippen LogP contribution in [0.1, 0.15) is 35.7 Å². The molecule has 1 aliphatic rings. The van der Waals surface area contributed by atoms with Crippen molar-refractivity contribution in [2.45, 2.75) is 31.5 Å². The Bertz CT molecular complexity index is 1000. The summed E-state index contributed by atoms with van der Waals surface area (Å²) in [5.41, 5.74) is -0.574. The van der Waals surface area contributed by atoms with Crippen LogP contribution < -0.4 is 5.69 Å². The lowest BCUT2D eigenvalue weighted by atomic mass is 9.97. The summed E-state index contributed by atoms with van der Waals surface area (Å²) >= 11 is 0. The summed E-state index contributed by atoms with van der Waals surface area (Å²) in [5.74, 6) is 0.509. The van der Waals surface area contributed by atoms with Crippen molar-refractivity contribution >= 4 is 10.0 Å². The maximum atomic E-state index is 12.7. The molecule has 154 valence electrons. The van der Waals surface area contributed by atoms with E-state index in [4.69, 9.17) is 0 Å². The Morgan fingerprint density at radius 1 is 1.14 bits per heavy atom. The van der Waals surface area contributed by atoms with Gasteiger partial charge in [-0.15, -0.1) is 0 Å². The third-order valence-corrected chi connectivity index (χ3v) is 6.28. The summed E-state index contributed by atoms with van der Waals surface area (Å²) in [6, 6.07) is 4.61. The molecule has 0 radical (unpaired) electrons. The van der Waals surface area contributed by atoms with Gasteiger partial charge in [0.2, 0.25) is 10.0 Å². The van der Waals surface area contributed by atoms with E-state index in [-0.39, 0.29) is 18.2 Å². The average Bonchev–Trinajstić information content (AvgIpc) is 2.89. The minimum atomic E-state index is -4.41.